The highest BCUT2D eigenvalue weighted by Gasteiger charge is 2.10. The van der Waals surface area contributed by atoms with Gasteiger partial charge in [0.2, 0.25) is 0 Å². The summed E-state index contributed by atoms with van der Waals surface area (Å²) in [6.07, 6.45) is 0.848. The molecular weight excluding hydrogens is 184 g/mol. The third kappa shape index (κ3) is 0.885. The van der Waals surface area contributed by atoms with Crippen molar-refractivity contribution in [3.8, 4) is 0 Å². The molecule has 0 atom stereocenters. The van der Waals surface area contributed by atoms with E-state index in [0.717, 1.165) is 28.8 Å². The van der Waals surface area contributed by atoms with Gasteiger partial charge in [0.05, 0.1) is 11.0 Å². The second kappa shape index (κ2) is 2.34. The van der Waals surface area contributed by atoms with Crippen molar-refractivity contribution in [3.63, 3.8) is 0 Å². The Morgan fingerprint density at radius 2 is 1.13 bits per heavy atom. The van der Waals surface area contributed by atoms with Crippen LogP contribution >= 0.6 is 0 Å². The van der Waals surface area contributed by atoms with Gasteiger partial charge in [0, 0.05) is 28.6 Å². The molecule has 3 heterocycles. The largest absolute Gasteiger partial charge is 0.250 e. The van der Waals surface area contributed by atoms with Gasteiger partial charge in [0.15, 0.2) is 0 Å². The van der Waals surface area contributed by atoms with Gasteiger partial charge >= 0.3 is 0 Å². The summed E-state index contributed by atoms with van der Waals surface area (Å²) in [5.74, 6) is 0. The molecule has 4 rings (SSSR count). The van der Waals surface area contributed by atoms with Crippen LogP contribution in [-0.2, 0) is 6.42 Å². The molecule has 0 amide bonds. The van der Waals surface area contributed by atoms with Crippen LogP contribution in [0.5, 0.6) is 0 Å². The fraction of sp³-hybridized carbons (Fsp3) is 0.0769. The van der Waals surface area contributed by atoms with E-state index in [1.54, 1.807) is 0 Å². The molecule has 2 heteroatoms. The van der Waals surface area contributed by atoms with Crippen molar-refractivity contribution in [1.29, 1.82) is 0 Å². The van der Waals surface area contributed by atoms with Crippen molar-refractivity contribution < 1.29 is 0 Å². The molecule has 0 fully saturated rings. The number of rotatable bonds is 0. The number of nitrogens with zero attached hydrogens (tertiary/aromatic N) is 2. The highest BCUT2D eigenvalue weighted by Crippen LogP contribution is 2.26. The van der Waals surface area contributed by atoms with E-state index in [0.29, 0.717) is 0 Å². The summed E-state index contributed by atoms with van der Waals surface area (Å²) in [6.45, 7) is 0. The first-order valence-electron chi connectivity index (χ1n) is 5.08. The Morgan fingerprint density at radius 1 is 0.667 bits per heavy atom. The maximum atomic E-state index is 4.65. The lowest BCUT2D eigenvalue weighted by atomic mass is 10.1. The number of benzene rings is 1. The van der Waals surface area contributed by atoms with E-state index in [4.69, 9.17) is 0 Å². The number of pyridine rings is 2. The maximum absolute atomic E-state index is 4.65. The Kier molecular flexibility index (Phi) is 1.15. The molecule has 0 aliphatic carbocycles. The quantitative estimate of drug-likeness (QED) is 0.400. The second-order valence-corrected chi connectivity index (χ2v) is 3.99. The minimum atomic E-state index is 0.848. The summed E-state index contributed by atoms with van der Waals surface area (Å²) in [5.41, 5.74) is 4.32. The molecule has 1 aliphatic heterocycles. The number of fused-ring (bicyclic) bond motifs is 2. The van der Waals surface area contributed by atoms with Crippen LogP contribution in [0, 0.1) is 0 Å². The summed E-state index contributed by atoms with van der Waals surface area (Å²) >= 11 is 0. The van der Waals surface area contributed by atoms with Crippen LogP contribution in [0.15, 0.2) is 36.4 Å². The Morgan fingerprint density at radius 3 is 1.67 bits per heavy atom. The van der Waals surface area contributed by atoms with Crippen molar-refractivity contribution in [3.05, 3.63) is 47.8 Å². The van der Waals surface area contributed by atoms with E-state index in [9.17, 15) is 0 Å². The van der Waals surface area contributed by atoms with E-state index < -0.39 is 0 Å². The van der Waals surface area contributed by atoms with Crippen LogP contribution in [0.25, 0.3) is 21.8 Å². The first-order chi connectivity index (χ1) is 7.40. The SMILES string of the molecule is c1cc2ccc3ccc4nc3c2nc1C4. The van der Waals surface area contributed by atoms with E-state index in [-0.39, 0.29) is 0 Å². The first-order valence-corrected chi connectivity index (χ1v) is 5.08. The van der Waals surface area contributed by atoms with Crippen LogP contribution in [0.1, 0.15) is 11.4 Å². The predicted molar refractivity (Wildman–Crippen MR) is 59.9 cm³/mol. The van der Waals surface area contributed by atoms with Crippen molar-refractivity contribution in [2.45, 2.75) is 6.42 Å². The van der Waals surface area contributed by atoms with Crippen LogP contribution in [-0.4, -0.2) is 9.97 Å². The smallest absolute Gasteiger partial charge is 0.0968 e. The zero-order valence-corrected chi connectivity index (χ0v) is 8.07. The molecule has 4 bridgehead atoms. The molecule has 70 valence electrons. The fourth-order valence-electron chi connectivity index (χ4n) is 2.23. The lowest BCUT2D eigenvalue weighted by Crippen LogP contribution is -1.89. The van der Waals surface area contributed by atoms with Gasteiger partial charge in [-0.3, -0.25) is 9.97 Å². The van der Waals surface area contributed by atoms with Gasteiger partial charge in [-0.2, -0.15) is 0 Å². The zero-order chi connectivity index (χ0) is 9.83. The Bertz CT molecular complexity index is 641. The average Bonchev–Trinajstić information content (AvgIpc) is 2.45. The molecule has 1 aliphatic rings. The Labute approximate surface area is 86.6 Å². The summed E-state index contributed by atoms with van der Waals surface area (Å²) in [4.78, 5) is 9.30. The van der Waals surface area contributed by atoms with Gasteiger partial charge in [0.1, 0.15) is 0 Å². The predicted octanol–water partition coefficient (Wildman–Crippen LogP) is 2.69. The minimum Gasteiger partial charge on any atom is -0.250 e. The monoisotopic (exact) mass is 192 g/mol. The van der Waals surface area contributed by atoms with Crippen molar-refractivity contribution in [1.82, 2.24) is 9.97 Å². The van der Waals surface area contributed by atoms with Gasteiger partial charge in [0.25, 0.3) is 0 Å². The van der Waals surface area contributed by atoms with E-state index >= 15 is 0 Å². The lowest BCUT2D eigenvalue weighted by Gasteiger charge is -2.00. The third-order valence-electron chi connectivity index (χ3n) is 3.00. The van der Waals surface area contributed by atoms with Crippen molar-refractivity contribution in [2.75, 3.05) is 0 Å². The molecule has 2 aromatic heterocycles. The second-order valence-electron chi connectivity index (χ2n) is 3.99. The molecule has 15 heavy (non-hydrogen) atoms. The Hall–Kier alpha value is -1.96. The molecule has 0 radical (unpaired) electrons. The van der Waals surface area contributed by atoms with E-state index in [1.807, 2.05) is 0 Å². The summed E-state index contributed by atoms with van der Waals surface area (Å²) < 4.78 is 0. The summed E-state index contributed by atoms with van der Waals surface area (Å²) in [5, 5.41) is 2.36. The van der Waals surface area contributed by atoms with Crippen molar-refractivity contribution in [2.24, 2.45) is 0 Å². The van der Waals surface area contributed by atoms with Gasteiger partial charge in [-0.15, -0.1) is 0 Å². The molecule has 3 aromatic rings. The first kappa shape index (κ1) is 7.35. The molecule has 0 spiro atoms. The molecule has 1 aromatic carbocycles. The van der Waals surface area contributed by atoms with Crippen molar-refractivity contribution >= 4 is 21.8 Å². The number of hydrogen-bond donors (Lipinski definition) is 0. The van der Waals surface area contributed by atoms with E-state index in [2.05, 4.69) is 46.4 Å². The fourth-order valence-corrected chi connectivity index (χ4v) is 2.23. The molecule has 0 saturated heterocycles. The molecule has 0 unspecified atom stereocenters. The third-order valence-corrected chi connectivity index (χ3v) is 3.00. The van der Waals surface area contributed by atoms with Gasteiger partial charge in [-0.1, -0.05) is 24.3 Å². The lowest BCUT2D eigenvalue weighted by molar-refractivity contribution is 1.06. The van der Waals surface area contributed by atoms with Crippen LogP contribution in [0.2, 0.25) is 0 Å². The summed E-state index contributed by atoms with van der Waals surface area (Å²) in [6, 6.07) is 12.7. The number of aromatic nitrogens is 2. The normalized spacial score (nSPS) is 13.1. The molecule has 0 N–H and O–H groups in total. The number of hydrogen-bond acceptors (Lipinski definition) is 2. The van der Waals surface area contributed by atoms with Gasteiger partial charge in [-0.25, -0.2) is 0 Å². The topological polar surface area (TPSA) is 25.8 Å². The molecular formula is C13H8N2. The van der Waals surface area contributed by atoms with Crippen LogP contribution in [0.3, 0.4) is 0 Å². The minimum absolute atomic E-state index is 0.848. The Balaban J connectivity index is 2.42. The maximum Gasteiger partial charge on any atom is 0.0968 e. The van der Waals surface area contributed by atoms with Crippen LogP contribution < -0.4 is 0 Å². The van der Waals surface area contributed by atoms with Gasteiger partial charge in [-0.05, 0) is 12.1 Å². The van der Waals surface area contributed by atoms with Gasteiger partial charge < -0.3 is 0 Å². The standard InChI is InChI=1S/C13H8N2/c1-2-9-4-6-11-7-10-5-3-8(1)12(14-10)13(9)15-11/h1-6H,7H2. The molecule has 0 saturated carbocycles. The van der Waals surface area contributed by atoms with Crippen LogP contribution in [0.4, 0.5) is 0 Å². The highest BCUT2D eigenvalue weighted by atomic mass is 14.8. The molecule has 2 nitrogen and oxygen atoms in total. The average molecular weight is 192 g/mol. The highest BCUT2D eigenvalue weighted by molar-refractivity contribution is 6.03. The van der Waals surface area contributed by atoms with E-state index in [1.165, 1.54) is 10.8 Å². The summed E-state index contributed by atoms with van der Waals surface area (Å²) in [7, 11) is 0. The zero-order valence-electron chi connectivity index (χ0n) is 8.07.